The number of hydrogen-bond acceptors (Lipinski definition) is 4. The Hall–Kier alpha value is -1.92. The highest BCUT2D eigenvalue weighted by atomic mass is 79.9. The SMILES string of the molecule is COc1ccc(CCC(=O)N2CCN(Cc3ccccn3)CC2)cc1Br. The molecule has 1 aromatic carbocycles. The van der Waals surface area contributed by atoms with Crippen molar-refractivity contribution in [2.24, 2.45) is 0 Å². The molecule has 1 aromatic heterocycles. The fraction of sp³-hybridized carbons (Fsp3) is 0.400. The highest BCUT2D eigenvalue weighted by Gasteiger charge is 2.21. The summed E-state index contributed by atoms with van der Waals surface area (Å²) in [6, 6.07) is 12.0. The second-order valence-corrected chi connectivity index (χ2v) is 7.30. The number of piperazine rings is 1. The van der Waals surface area contributed by atoms with Crippen LogP contribution in [0.1, 0.15) is 17.7 Å². The number of methoxy groups -OCH3 is 1. The van der Waals surface area contributed by atoms with E-state index in [0.29, 0.717) is 6.42 Å². The lowest BCUT2D eigenvalue weighted by atomic mass is 10.1. The maximum absolute atomic E-state index is 12.5. The molecule has 0 N–H and O–H groups in total. The molecule has 1 aliphatic rings. The predicted octanol–water partition coefficient (Wildman–Crippen LogP) is 3.13. The zero-order valence-corrected chi connectivity index (χ0v) is 16.6. The summed E-state index contributed by atoms with van der Waals surface area (Å²) < 4.78 is 6.17. The Morgan fingerprint density at radius 3 is 2.65 bits per heavy atom. The van der Waals surface area contributed by atoms with Crippen molar-refractivity contribution < 1.29 is 9.53 Å². The van der Waals surface area contributed by atoms with Crippen LogP contribution in [0.2, 0.25) is 0 Å². The van der Waals surface area contributed by atoms with E-state index in [1.165, 1.54) is 0 Å². The summed E-state index contributed by atoms with van der Waals surface area (Å²) in [5.74, 6) is 1.04. The van der Waals surface area contributed by atoms with Crippen LogP contribution < -0.4 is 4.74 Å². The minimum absolute atomic E-state index is 0.231. The number of aromatic nitrogens is 1. The first kappa shape index (κ1) is 18.9. The zero-order chi connectivity index (χ0) is 18.4. The molecule has 1 aliphatic heterocycles. The topological polar surface area (TPSA) is 45.7 Å². The Labute approximate surface area is 163 Å². The Morgan fingerprint density at radius 1 is 1.19 bits per heavy atom. The smallest absolute Gasteiger partial charge is 0.222 e. The van der Waals surface area contributed by atoms with E-state index < -0.39 is 0 Å². The lowest BCUT2D eigenvalue weighted by molar-refractivity contribution is -0.133. The third-order valence-corrected chi connectivity index (χ3v) is 5.30. The van der Waals surface area contributed by atoms with Gasteiger partial charge in [0.1, 0.15) is 5.75 Å². The van der Waals surface area contributed by atoms with Crippen molar-refractivity contribution in [2.75, 3.05) is 33.3 Å². The van der Waals surface area contributed by atoms with Crippen molar-refractivity contribution in [3.63, 3.8) is 0 Å². The molecule has 26 heavy (non-hydrogen) atoms. The molecule has 2 heterocycles. The lowest BCUT2D eigenvalue weighted by Crippen LogP contribution is -2.48. The number of hydrogen-bond donors (Lipinski definition) is 0. The van der Waals surface area contributed by atoms with Gasteiger partial charge in [0.05, 0.1) is 17.3 Å². The summed E-state index contributed by atoms with van der Waals surface area (Å²) >= 11 is 3.49. The van der Waals surface area contributed by atoms with Crippen LogP contribution in [0.4, 0.5) is 0 Å². The minimum atomic E-state index is 0.231. The van der Waals surface area contributed by atoms with E-state index >= 15 is 0 Å². The van der Waals surface area contributed by atoms with Crippen molar-refractivity contribution in [3.8, 4) is 5.75 Å². The van der Waals surface area contributed by atoms with Gasteiger partial charge in [0.15, 0.2) is 0 Å². The molecule has 3 rings (SSSR count). The number of amides is 1. The molecule has 1 saturated heterocycles. The molecule has 0 saturated carbocycles. The Morgan fingerprint density at radius 2 is 2.00 bits per heavy atom. The van der Waals surface area contributed by atoms with E-state index in [1.807, 2.05) is 47.5 Å². The van der Waals surface area contributed by atoms with E-state index in [9.17, 15) is 4.79 Å². The molecule has 0 aliphatic carbocycles. The molecule has 1 amide bonds. The van der Waals surface area contributed by atoms with Gasteiger partial charge in [0, 0.05) is 45.3 Å². The van der Waals surface area contributed by atoms with E-state index in [2.05, 4.69) is 25.8 Å². The van der Waals surface area contributed by atoms with Crippen molar-refractivity contribution in [3.05, 3.63) is 58.3 Å². The molecule has 0 bridgehead atoms. The number of carbonyl (C=O) groups is 1. The number of carbonyl (C=O) groups excluding carboxylic acids is 1. The summed E-state index contributed by atoms with van der Waals surface area (Å²) in [6.07, 6.45) is 3.11. The number of aryl methyl sites for hydroxylation is 1. The summed E-state index contributed by atoms with van der Waals surface area (Å²) in [5, 5.41) is 0. The second-order valence-electron chi connectivity index (χ2n) is 6.45. The molecule has 6 heteroatoms. The first-order valence-electron chi connectivity index (χ1n) is 8.88. The van der Waals surface area contributed by atoms with Crippen LogP contribution >= 0.6 is 15.9 Å². The van der Waals surface area contributed by atoms with Gasteiger partial charge in [-0.2, -0.15) is 0 Å². The summed E-state index contributed by atoms with van der Waals surface area (Å²) in [7, 11) is 1.65. The van der Waals surface area contributed by atoms with Gasteiger partial charge >= 0.3 is 0 Å². The maximum Gasteiger partial charge on any atom is 0.222 e. The Balaban J connectivity index is 1.44. The van der Waals surface area contributed by atoms with Gasteiger partial charge in [-0.1, -0.05) is 12.1 Å². The molecule has 0 unspecified atom stereocenters. The zero-order valence-electron chi connectivity index (χ0n) is 15.0. The fourth-order valence-electron chi connectivity index (χ4n) is 3.15. The number of benzene rings is 1. The normalized spacial score (nSPS) is 15.1. The van der Waals surface area contributed by atoms with Crippen LogP contribution in [-0.4, -0.2) is 54.0 Å². The van der Waals surface area contributed by atoms with Gasteiger partial charge in [-0.15, -0.1) is 0 Å². The van der Waals surface area contributed by atoms with Crippen molar-refractivity contribution in [1.29, 1.82) is 0 Å². The number of rotatable bonds is 6. The van der Waals surface area contributed by atoms with Crippen LogP contribution in [0, 0.1) is 0 Å². The van der Waals surface area contributed by atoms with Gasteiger partial charge in [0.25, 0.3) is 0 Å². The summed E-state index contributed by atoms with van der Waals surface area (Å²) in [4.78, 5) is 21.2. The molecule has 5 nitrogen and oxygen atoms in total. The number of nitrogens with zero attached hydrogens (tertiary/aromatic N) is 3. The molecular formula is C20H24BrN3O2. The van der Waals surface area contributed by atoms with Crippen molar-refractivity contribution in [2.45, 2.75) is 19.4 Å². The van der Waals surface area contributed by atoms with Gasteiger partial charge in [-0.3, -0.25) is 14.7 Å². The summed E-state index contributed by atoms with van der Waals surface area (Å²) in [6.45, 7) is 4.23. The number of halogens is 1. The van der Waals surface area contributed by atoms with Gasteiger partial charge in [0.2, 0.25) is 5.91 Å². The molecule has 0 spiro atoms. The Kier molecular flexibility index (Phi) is 6.63. The third-order valence-electron chi connectivity index (χ3n) is 4.68. The lowest BCUT2D eigenvalue weighted by Gasteiger charge is -2.34. The van der Waals surface area contributed by atoms with Gasteiger partial charge < -0.3 is 9.64 Å². The molecular weight excluding hydrogens is 394 g/mol. The fourth-order valence-corrected chi connectivity index (χ4v) is 3.74. The largest absolute Gasteiger partial charge is 0.496 e. The van der Waals surface area contributed by atoms with Gasteiger partial charge in [-0.05, 0) is 52.2 Å². The second kappa shape index (κ2) is 9.14. The number of ether oxygens (including phenoxy) is 1. The predicted molar refractivity (Wildman–Crippen MR) is 105 cm³/mol. The monoisotopic (exact) mass is 417 g/mol. The average molecular weight is 418 g/mol. The first-order chi connectivity index (χ1) is 12.7. The van der Waals surface area contributed by atoms with Gasteiger partial charge in [-0.25, -0.2) is 0 Å². The van der Waals surface area contributed by atoms with Crippen molar-refractivity contribution >= 4 is 21.8 Å². The van der Waals surface area contributed by atoms with E-state index in [-0.39, 0.29) is 5.91 Å². The molecule has 0 radical (unpaired) electrons. The highest BCUT2D eigenvalue weighted by molar-refractivity contribution is 9.10. The maximum atomic E-state index is 12.5. The van der Waals surface area contributed by atoms with Crippen LogP contribution in [0.3, 0.4) is 0 Å². The quantitative estimate of drug-likeness (QED) is 0.723. The first-order valence-corrected chi connectivity index (χ1v) is 9.67. The number of pyridine rings is 1. The molecule has 1 fully saturated rings. The Bertz CT molecular complexity index is 731. The van der Waals surface area contributed by atoms with Crippen LogP contribution in [0.25, 0.3) is 0 Å². The molecule has 2 aromatic rings. The third kappa shape index (κ3) is 5.05. The van der Waals surface area contributed by atoms with E-state index in [1.54, 1.807) is 7.11 Å². The average Bonchev–Trinajstić information content (AvgIpc) is 2.67. The highest BCUT2D eigenvalue weighted by Crippen LogP contribution is 2.26. The van der Waals surface area contributed by atoms with Crippen LogP contribution in [-0.2, 0) is 17.8 Å². The van der Waals surface area contributed by atoms with E-state index in [0.717, 1.165) is 60.6 Å². The molecule has 0 atom stereocenters. The van der Waals surface area contributed by atoms with Crippen molar-refractivity contribution in [1.82, 2.24) is 14.8 Å². The summed E-state index contributed by atoms with van der Waals surface area (Å²) in [5.41, 5.74) is 2.22. The van der Waals surface area contributed by atoms with Crippen LogP contribution in [0.15, 0.2) is 47.1 Å². The minimum Gasteiger partial charge on any atom is -0.496 e. The van der Waals surface area contributed by atoms with E-state index in [4.69, 9.17) is 4.74 Å². The van der Waals surface area contributed by atoms with Crippen LogP contribution in [0.5, 0.6) is 5.75 Å². The standard InChI is InChI=1S/C20H24BrN3O2/c1-26-19-7-5-16(14-18(19)21)6-8-20(25)24-12-10-23(11-13-24)15-17-4-2-3-9-22-17/h2-5,7,9,14H,6,8,10-13,15H2,1H3. The molecule has 138 valence electrons.